The summed E-state index contributed by atoms with van der Waals surface area (Å²) in [5, 5.41) is 19.1. The number of carboxylic acids is 2. The molecular formula is C26H38F3NO4. The van der Waals surface area contributed by atoms with Crippen LogP contribution in [0.3, 0.4) is 0 Å². The molecule has 0 unspecified atom stereocenters. The highest BCUT2D eigenvalue weighted by atomic mass is 19.4. The Balaban J connectivity index is 2.41. The predicted octanol–water partition coefficient (Wildman–Crippen LogP) is 6.14. The Kier molecular flexibility index (Phi) is 9.97. The fourth-order valence-corrected chi connectivity index (χ4v) is 5.00. The molecule has 0 aliphatic heterocycles. The van der Waals surface area contributed by atoms with Crippen LogP contribution in [0.5, 0.6) is 0 Å². The van der Waals surface area contributed by atoms with E-state index in [-0.39, 0.29) is 12.0 Å². The molecule has 0 amide bonds. The molecule has 1 aliphatic carbocycles. The average molecular weight is 486 g/mol. The third-order valence-corrected chi connectivity index (χ3v) is 6.98. The molecule has 2 N–H and O–H groups in total. The summed E-state index contributed by atoms with van der Waals surface area (Å²) < 4.78 is 39.4. The number of benzene rings is 1. The molecule has 0 heterocycles. The van der Waals surface area contributed by atoms with E-state index in [9.17, 15) is 33.0 Å². The highest BCUT2D eigenvalue weighted by Gasteiger charge is 2.43. The molecule has 2 rings (SSSR count). The van der Waals surface area contributed by atoms with E-state index in [1.165, 1.54) is 12.1 Å². The maximum atomic E-state index is 13.1. The van der Waals surface area contributed by atoms with Crippen LogP contribution in [0.15, 0.2) is 24.3 Å². The van der Waals surface area contributed by atoms with E-state index in [1.54, 1.807) is 0 Å². The number of carbonyl (C=O) groups is 2. The third kappa shape index (κ3) is 7.72. The molecule has 1 aromatic rings. The number of halogens is 3. The molecule has 34 heavy (non-hydrogen) atoms. The largest absolute Gasteiger partial charge is 0.481 e. The Morgan fingerprint density at radius 1 is 0.941 bits per heavy atom. The van der Waals surface area contributed by atoms with Crippen LogP contribution in [0, 0.1) is 23.7 Å². The van der Waals surface area contributed by atoms with Crippen LogP contribution in [-0.4, -0.2) is 46.2 Å². The summed E-state index contributed by atoms with van der Waals surface area (Å²) in [4.78, 5) is 25.8. The van der Waals surface area contributed by atoms with Gasteiger partial charge in [0.15, 0.2) is 5.92 Å². The van der Waals surface area contributed by atoms with E-state index in [0.29, 0.717) is 36.7 Å². The Morgan fingerprint density at radius 3 is 1.85 bits per heavy atom. The van der Waals surface area contributed by atoms with Gasteiger partial charge in [0.05, 0.1) is 5.56 Å². The van der Waals surface area contributed by atoms with Crippen molar-refractivity contribution in [3.8, 4) is 0 Å². The average Bonchev–Trinajstić information content (AvgIpc) is 2.72. The first-order chi connectivity index (χ1) is 15.8. The second kappa shape index (κ2) is 12.0. The molecule has 0 radical (unpaired) electrons. The number of alkyl halides is 3. The normalized spacial score (nSPS) is 21.6. The van der Waals surface area contributed by atoms with Crippen molar-refractivity contribution in [1.29, 1.82) is 0 Å². The SMILES string of the molecule is CC(C)CCN(CCC(C)C)[C@@H]1CC[C@@H](C(C(=O)O)C(=O)O)C[C@H]1c1ccc(C(F)(F)F)cc1. The van der Waals surface area contributed by atoms with Crippen LogP contribution in [0.25, 0.3) is 0 Å². The molecule has 0 spiro atoms. The molecule has 1 aliphatic rings. The van der Waals surface area contributed by atoms with Gasteiger partial charge in [0.25, 0.3) is 0 Å². The van der Waals surface area contributed by atoms with Crippen molar-refractivity contribution in [2.45, 2.75) is 77.9 Å². The lowest BCUT2D eigenvalue weighted by Gasteiger charge is -2.44. The number of aliphatic carboxylic acids is 2. The van der Waals surface area contributed by atoms with Crippen molar-refractivity contribution >= 4 is 11.9 Å². The first kappa shape index (κ1) is 28.1. The van der Waals surface area contributed by atoms with Gasteiger partial charge in [-0.1, -0.05) is 39.8 Å². The number of hydrogen-bond donors (Lipinski definition) is 2. The molecule has 0 saturated heterocycles. The first-order valence-electron chi connectivity index (χ1n) is 12.2. The van der Waals surface area contributed by atoms with Gasteiger partial charge < -0.3 is 10.2 Å². The minimum atomic E-state index is -4.44. The summed E-state index contributed by atoms with van der Waals surface area (Å²) in [6.45, 7) is 10.3. The van der Waals surface area contributed by atoms with Gasteiger partial charge in [-0.15, -0.1) is 0 Å². The lowest BCUT2D eigenvalue weighted by Crippen LogP contribution is -2.46. The smallest absolute Gasteiger partial charge is 0.416 e. The van der Waals surface area contributed by atoms with Crippen LogP contribution in [0.4, 0.5) is 13.2 Å². The molecule has 8 heteroatoms. The van der Waals surface area contributed by atoms with Crippen molar-refractivity contribution in [2.75, 3.05) is 13.1 Å². The van der Waals surface area contributed by atoms with Crippen LogP contribution < -0.4 is 0 Å². The van der Waals surface area contributed by atoms with Gasteiger partial charge >= 0.3 is 18.1 Å². The summed E-state index contributed by atoms with van der Waals surface area (Å²) in [5.74, 6) is -4.07. The molecule has 3 atom stereocenters. The fourth-order valence-electron chi connectivity index (χ4n) is 5.00. The lowest BCUT2D eigenvalue weighted by atomic mass is 9.69. The maximum Gasteiger partial charge on any atom is 0.416 e. The van der Waals surface area contributed by atoms with Crippen LogP contribution in [0.2, 0.25) is 0 Å². The van der Waals surface area contributed by atoms with Gasteiger partial charge in [0.2, 0.25) is 0 Å². The van der Waals surface area contributed by atoms with Gasteiger partial charge in [0.1, 0.15) is 0 Å². The second-order valence-electron chi connectivity index (χ2n) is 10.4. The summed E-state index contributed by atoms with van der Waals surface area (Å²) in [5.41, 5.74) is -0.0260. The summed E-state index contributed by atoms with van der Waals surface area (Å²) in [6, 6.07) is 5.10. The molecule has 0 aromatic heterocycles. The summed E-state index contributed by atoms with van der Waals surface area (Å²) >= 11 is 0. The van der Waals surface area contributed by atoms with E-state index in [1.807, 2.05) is 0 Å². The van der Waals surface area contributed by atoms with Crippen molar-refractivity contribution in [3.05, 3.63) is 35.4 Å². The van der Waals surface area contributed by atoms with E-state index in [2.05, 4.69) is 32.6 Å². The van der Waals surface area contributed by atoms with Gasteiger partial charge in [-0.2, -0.15) is 13.2 Å². The summed E-state index contributed by atoms with van der Waals surface area (Å²) in [7, 11) is 0. The zero-order chi connectivity index (χ0) is 25.6. The molecule has 0 bridgehead atoms. The molecule has 192 valence electrons. The minimum absolute atomic E-state index is 0.0220. The standard InChI is InChI=1S/C26H38F3NO4/c1-16(2)11-13-30(14-12-17(3)4)22-10-7-19(23(24(31)32)25(33)34)15-21(22)18-5-8-20(9-6-18)26(27,28)29/h5-6,8-9,16-17,19,21-23H,7,10-15H2,1-4H3,(H,31,32)(H,33,34)/t19-,21+,22-/m1/s1. The van der Waals surface area contributed by atoms with E-state index in [4.69, 9.17) is 0 Å². The van der Waals surface area contributed by atoms with Crippen molar-refractivity contribution < 1.29 is 33.0 Å². The third-order valence-electron chi connectivity index (χ3n) is 6.98. The van der Waals surface area contributed by atoms with Gasteiger partial charge in [-0.05, 0) is 86.6 Å². The summed E-state index contributed by atoms with van der Waals surface area (Å²) in [6.07, 6.45) is -1.09. The van der Waals surface area contributed by atoms with Gasteiger partial charge in [0, 0.05) is 6.04 Å². The zero-order valence-corrected chi connectivity index (χ0v) is 20.5. The number of hydrogen-bond acceptors (Lipinski definition) is 3. The lowest BCUT2D eigenvalue weighted by molar-refractivity contribution is -0.158. The number of carboxylic acid groups (broad SMARTS) is 2. The molecule has 1 saturated carbocycles. The first-order valence-corrected chi connectivity index (χ1v) is 12.2. The van der Waals surface area contributed by atoms with Crippen molar-refractivity contribution in [2.24, 2.45) is 23.7 Å². The van der Waals surface area contributed by atoms with E-state index in [0.717, 1.165) is 38.1 Å². The second-order valence-corrected chi connectivity index (χ2v) is 10.4. The number of rotatable bonds is 11. The minimum Gasteiger partial charge on any atom is -0.481 e. The Labute approximate surface area is 200 Å². The van der Waals surface area contributed by atoms with Crippen molar-refractivity contribution in [3.63, 3.8) is 0 Å². The van der Waals surface area contributed by atoms with Crippen molar-refractivity contribution in [1.82, 2.24) is 4.90 Å². The van der Waals surface area contributed by atoms with E-state index >= 15 is 0 Å². The quantitative estimate of drug-likeness (QED) is 0.368. The Bertz CT molecular complexity index is 781. The fraction of sp³-hybridized carbons (Fsp3) is 0.692. The molecule has 5 nitrogen and oxygen atoms in total. The number of nitrogens with zero attached hydrogens (tertiary/aromatic N) is 1. The zero-order valence-electron chi connectivity index (χ0n) is 20.5. The van der Waals surface area contributed by atoms with Gasteiger partial charge in [-0.3, -0.25) is 14.5 Å². The highest BCUT2D eigenvalue weighted by molar-refractivity contribution is 5.93. The highest BCUT2D eigenvalue weighted by Crippen LogP contribution is 2.43. The molecular weight excluding hydrogens is 447 g/mol. The topological polar surface area (TPSA) is 77.8 Å². The Hall–Kier alpha value is -2.09. The predicted molar refractivity (Wildman–Crippen MR) is 125 cm³/mol. The maximum absolute atomic E-state index is 13.1. The van der Waals surface area contributed by atoms with E-state index < -0.39 is 35.5 Å². The van der Waals surface area contributed by atoms with Gasteiger partial charge in [-0.25, -0.2) is 0 Å². The molecule has 1 fully saturated rings. The Morgan fingerprint density at radius 2 is 1.44 bits per heavy atom. The van der Waals surface area contributed by atoms with Crippen LogP contribution in [0.1, 0.15) is 76.8 Å². The van der Waals surface area contributed by atoms with Crippen LogP contribution in [-0.2, 0) is 15.8 Å². The molecule has 1 aromatic carbocycles. The monoisotopic (exact) mass is 485 g/mol. The van der Waals surface area contributed by atoms with Crippen LogP contribution >= 0.6 is 0 Å².